The molecule has 168 valence electrons. The number of pyridine rings is 1. The average molecular weight is 440 g/mol. The van der Waals surface area contributed by atoms with Gasteiger partial charge in [0.2, 0.25) is 5.89 Å². The quantitative estimate of drug-likeness (QED) is 0.445. The van der Waals surface area contributed by atoms with E-state index >= 15 is 0 Å². The number of rotatable bonds is 6. The second-order valence-corrected chi connectivity index (χ2v) is 8.91. The SMILES string of the molecule is Cc1ccc(-c2nc(-c3ccncc3)c(C3(O)CCN(CCc4ccccc4)CC3)o2)cc1. The number of hydrogen-bond acceptors (Lipinski definition) is 5. The summed E-state index contributed by atoms with van der Waals surface area (Å²) in [5.41, 5.74) is 4.00. The fourth-order valence-corrected chi connectivity index (χ4v) is 4.47. The summed E-state index contributed by atoms with van der Waals surface area (Å²) in [6.45, 7) is 4.68. The Morgan fingerprint density at radius 2 is 1.61 bits per heavy atom. The van der Waals surface area contributed by atoms with Crippen LogP contribution in [-0.4, -0.2) is 39.6 Å². The van der Waals surface area contributed by atoms with Crippen LogP contribution in [-0.2, 0) is 12.0 Å². The minimum absolute atomic E-state index is 0.539. The van der Waals surface area contributed by atoms with Crippen molar-refractivity contribution in [2.24, 2.45) is 0 Å². The largest absolute Gasteiger partial charge is 0.437 e. The molecule has 5 rings (SSSR count). The molecule has 0 radical (unpaired) electrons. The first kappa shape index (κ1) is 21.6. The average Bonchev–Trinajstić information content (AvgIpc) is 3.32. The van der Waals surface area contributed by atoms with Crippen molar-refractivity contribution >= 4 is 0 Å². The molecule has 0 bridgehead atoms. The molecule has 0 atom stereocenters. The third kappa shape index (κ3) is 4.75. The van der Waals surface area contributed by atoms with Crippen LogP contribution in [0.15, 0.2) is 83.5 Å². The topological polar surface area (TPSA) is 62.4 Å². The number of hydrogen-bond donors (Lipinski definition) is 1. The highest BCUT2D eigenvalue weighted by Gasteiger charge is 2.40. The maximum Gasteiger partial charge on any atom is 0.227 e. The van der Waals surface area contributed by atoms with Crippen LogP contribution >= 0.6 is 0 Å². The monoisotopic (exact) mass is 439 g/mol. The molecular weight excluding hydrogens is 410 g/mol. The van der Waals surface area contributed by atoms with Crippen LogP contribution in [0.5, 0.6) is 0 Å². The molecule has 0 unspecified atom stereocenters. The summed E-state index contributed by atoms with van der Waals surface area (Å²) in [4.78, 5) is 11.4. The first-order valence-corrected chi connectivity index (χ1v) is 11.6. The van der Waals surface area contributed by atoms with Gasteiger partial charge in [-0.15, -0.1) is 0 Å². The molecule has 33 heavy (non-hydrogen) atoms. The van der Waals surface area contributed by atoms with Crippen LogP contribution < -0.4 is 0 Å². The predicted octanol–water partition coefficient (Wildman–Crippen LogP) is 5.24. The number of aryl methyl sites for hydroxylation is 1. The Morgan fingerprint density at radius 3 is 2.30 bits per heavy atom. The number of oxazole rings is 1. The number of aromatic nitrogens is 2. The Labute approximate surface area is 194 Å². The molecule has 2 aromatic heterocycles. The molecular formula is C28H29N3O2. The van der Waals surface area contributed by atoms with Gasteiger partial charge in [0.15, 0.2) is 5.76 Å². The summed E-state index contributed by atoms with van der Waals surface area (Å²) < 4.78 is 6.30. The van der Waals surface area contributed by atoms with Gasteiger partial charge in [-0.25, -0.2) is 4.98 Å². The fraction of sp³-hybridized carbons (Fsp3) is 0.286. The minimum atomic E-state index is -1.04. The van der Waals surface area contributed by atoms with Gasteiger partial charge in [-0.3, -0.25) is 4.98 Å². The van der Waals surface area contributed by atoms with Crippen LogP contribution in [0.25, 0.3) is 22.7 Å². The van der Waals surface area contributed by atoms with Gasteiger partial charge < -0.3 is 14.4 Å². The highest BCUT2D eigenvalue weighted by molar-refractivity contribution is 5.66. The van der Waals surface area contributed by atoms with Gasteiger partial charge >= 0.3 is 0 Å². The Balaban J connectivity index is 1.39. The lowest BCUT2D eigenvalue weighted by Crippen LogP contribution is -2.43. The summed E-state index contributed by atoms with van der Waals surface area (Å²) in [7, 11) is 0. The van der Waals surface area contributed by atoms with Crippen molar-refractivity contribution in [1.82, 2.24) is 14.9 Å². The van der Waals surface area contributed by atoms with Gasteiger partial charge in [-0.1, -0.05) is 48.0 Å². The van der Waals surface area contributed by atoms with Crippen LogP contribution in [0.1, 0.15) is 29.7 Å². The summed E-state index contributed by atoms with van der Waals surface area (Å²) in [5.74, 6) is 1.10. The second-order valence-electron chi connectivity index (χ2n) is 8.91. The zero-order valence-electron chi connectivity index (χ0n) is 18.9. The molecule has 5 heteroatoms. The van der Waals surface area contributed by atoms with Crippen molar-refractivity contribution < 1.29 is 9.52 Å². The smallest absolute Gasteiger partial charge is 0.227 e. The molecule has 3 heterocycles. The van der Waals surface area contributed by atoms with Gasteiger partial charge in [0, 0.05) is 43.2 Å². The van der Waals surface area contributed by atoms with Crippen molar-refractivity contribution in [3.8, 4) is 22.7 Å². The molecule has 1 fully saturated rings. The Bertz CT molecular complexity index is 1180. The van der Waals surface area contributed by atoms with E-state index in [-0.39, 0.29) is 0 Å². The standard InChI is InChI=1S/C28H29N3O2/c1-21-7-9-24(10-8-21)27-30-25(23-11-16-29-17-12-23)26(33-27)28(32)14-19-31(20-15-28)18-13-22-5-3-2-4-6-22/h2-12,16-17,32H,13-15,18-20H2,1H3. The van der Waals surface area contributed by atoms with E-state index in [9.17, 15) is 5.11 Å². The van der Waals surface area contributed by atoms with E-state index in [0.717, 1.165) is 37.2 Å². The first-order valence-electron chi connectivity index (χ1n) is 11.6. The third-order valence-electron chi connectivity index (χ3n) is 6.54. The van der Waals surface area contributed by atoms with Crippen LogP contribution in [0.2, 0.25) is 0 Å². The maximum absolute atomic E-state index is 11.7. The highest BCUT2D eigenvalue weighted by Crippen LogP contribution is 2.41. The van der Waals surface area contributed by atoms with E-state index in [1.54, 1.807) is 12.4 Å². The van der Waals surface area contributed by atoms with E-state index in [0.29, 0.717) is 30.2 Å². The molecule has 1 aliphatic rings. The van der Waals surface area contributed by atoms with Gasteiger partial charge in [0.25, 0.3) is 0 Å². The first-order chi connectivity index (χ1) is 16.1. The Kier molecular flexibility index (Phi) is 6.07. The van der Waals surface area contributed by atoms with Crippen LogP contribution in [0.4, 0.5) is 0 Å². The molecule has 1 aliphatic heterocycles. The molecule has 0 aliphatic carbocycles. The molecule has 1 N–H and O–H groups in total. The number of nitrogens with zero attached hydrogens (tertiary/aromatic N) is 3. The molecule has 2 aromatic carbocycles. The van der Waals surface area contributed by atoms with E-state index in [1.807, 2.05) is 42.5 Å². The van der Waals surface area contributed by atoms with Gasteiger partial charge in [0.1, 0.15) is 11.3 Å². The highest BCUT2D eigenvalue weighted by atomic mass is 16.4. The lowest BCUT2D eigenvalue weighted by molar-refractivity contribution is -0.0407. The zero-order valence-corrected chi connectivity index (χ0v) is 18.9. The Morgan fingerprint density at radius 1 is 0.909 bits per heavy atom. The van der Waals surface area contributed by atoms with Crippen molar-refractivity contribution in [3.63, 3.8) is 0 Å². The summed E-state index contributed by atoms with van der Waals surface area (Å²) in [6, 6.07) is 22.5. The van der Waals surface area contributed by atoms with Crippen molar-refractivity contribution in [2.75, 3.05) is 19.6 Å². The predicted molar refractivity (Wildman–Crippen MR) is 130 cm³/mol. The molecule has 0 saturated carbocycles. The molecule has 0 amide bonds. The number of benzene rings is 2. The normalized spacial score (nSPS) is 16.1. The number of piperidine rings is 1. The zero-order chi connectivity index (χ0) is 22.7. The minimum Gasteiger partial charge on any atom is -0.437 e. The summed E-state index contributed by atoms with van der Waals surface area (Å²) in [5, 5.41) is 11.7. The molecule has 0 spiro atoms. The lowest BCUT2D eigenvalue weighted by Gasteiger charge is -2.37. The Hall–Kier alpha value is -3.28. The summed E-state index contributed by atoms with van der Waals surface area (Å²) >= 11 is 0. The van der Waals surface area contributed by atoms with E-state index in [1.165, 1.54) is 11.1 Å². The van der Waals surface area contributed by atoms with E-state index in [4.69, 9.17) is 9.40 Å². The molecule has 5 nitrogen and oxygen atoms in total. The second kappa shape index (κ2) is 9.30. The van der Waals surface area contributed by atoms with E-state index in [2.05, 4.69) is 41.1 Å². The van der Waals surface area contributed by atoms with Gasteiger partial charge in [0.05, 0.1) is 0 Å². The molecule has 4 aromatic rings. The molecule has 1 saturated heterocycles. The summed E-state index contributed by atoms with van der Waals surface area (Å²) in [6.07, 6.45) is 5.73. The van der Waals surface area contributed by atoms with Gasteiger partial charge in [-0.2, -0.15) is 0 Å². The van der Waals surface area contributed by atoms with E-state index < -0.39 is 5.60 Å². The van der Waals surface area contributed by atoms with Crippen molar-refractivity contribution in [2.45, 2.75) is 31.8 Å². The number of likely N-dealkylation sites (tertiary alicyclic amines) is 1. The lowest BCUT2D eigenvalue weighted by atomic mass is 9.86. The maximum atomic E-state index is 11.7. The van der Waals surface area contributed by atoms with Crippen molar-refractivity contribution in [1.29, 1.82) is 0 Å². The van der Waals surface area contributed by atoms with Crippen molar-refractivity contribution in [3.05, 3.63) is 96.0 Å². The third-order valence-corrected chi connectivity index (χ3v) is 6.54. The number of aliphatic hydroxyl groups is 1. The fourth-order valence-electron chi connectivity index (χ4n) is 4.47. The van der Waals surface area contributed by atoms with Crippen LogP contribution in [0, 0.1) is 6.92 Å². The van der Waals surface area contributed by atoms with Gasteiger partial charge in [-0.05, 0) is 56.0 Å². The van der Waals surface area contributed by atoms with Crippen LogP contribution in [0.3, 0.4) is 0 Å².